The van der Waals surface area contributed by atoms with Gasteiger partial charge in [-0.1, -0.05) is 97.1 Å². The van der Waals surface area contributed by atoms with Crippen molar-refractivity contribution < 1.29 is 0 Å². The van der Waals surface area contributed by atoms with Gasteiger partial charge in [-0.15, -0.1) is 0 Å². The van der Waals surface area contributed by atoms with E-state index in [2.05, 4.69) is 172 Å². The van der Waals surface area contributed by atoms with Crippen LogP contribution in [0.2, 0.25) is 0 Å². The second-order valence-corrected chi connectivity index (χ2v) is 12.5. The summed E-state index contributed by atoms with van der Waals surface area (Å²) >= 11 is 0. The van der Waals surface area contributed by atoms with Crippen molar-refractivity contribution in [3.8, 4) is 11.4 Å². The third-order valence-electron chi connectivity index (χ3n) is 10.3. The maximum Gasteiger partial charge on any atom is 0.252 e. The Morgan fingerprint density at radius 2 is 0.957 bits per heavy atom. The first-order chi connectivity index (χ1) is 22.9. The number of nitrogens with zero attached hydrogens (tertiary/aromatic N) is 3. The van der Waals surface area contributed by atoms with Crippen LogP contribution in [-0.2, 0) is 0 Å². The van der Waals surface area contributed by atoms with E-state index in [4.69, 9.17) is 0 Å². The van der Waals surface area contributed by atoms with Crippen molar-refractivity contribution in [3.05, 3.63) is 158 Å². The molecule has 0 atom stereocenters. The summed E-state index contributed by atoms with van der Waals surface area (Å²) in [6, 6.07) is 58.0. The highest BCUT2D eigenvalue weighted by molar-refractivity contribution is 7.00. The molecule has 7 aromatic carbocycles. The Bertz CT molecular complexity index is 2700. The molecule has 9 aromatic rings. The van der Waals surface area contributed by atoms with E-state index in [0.717, 1.165) is 0 Å². The van der Waals surface area contributed by atoms with Crippen LogP contribution in [-0.4, -0.2) is 15.8 Å². The zero-order chi connectivity index (χ0) is 29.9. The van der Waals surface area contributed by atoms with Crippen molar-refractivity contribution in [3.63, 3.8) is 0 Å². The summed E-state index contributed by atoms with van der Waals surface area (Å²) < 4.78 is 4.98. The van der Waals surface area contributed by atoms with E-state index < -0.39 is 0 Å². The van der Waals surface area contributed by atoms with Crippen molar-refractivity contribution in [2.45, 2.75) is 0 Å². The molecule has 0 amide bonds. The molecule has 4 heteroatoms. The van der Waals surface area contributed by atoms with Crippen LogP contribution in [0, 0.1) is 0 Å². The smallest absolute Gasteiger partial charge is 0.252 e. The summed E-state index contributed by atoms with van der Waals surface area (Å²) in [5.74, 6) is 0. The van der Waals surface area contributed by atoms with Gasteiger partial charge in [0, 0.05) is 50.0 Å². The van der Waals surface area contributed by atoms with Crippen LogP contribution in [0.25, 0.3) is 55.0 Å². The fraction of sp³-hybridized carbons (Fsp3) is 0. The van der Waals surface area contributed by atoms with Gasteiger partial charge in [0.2, 0.25) is 0 Å². The lowest BCUT2D eigenvalue weighted by atomic mass is 9.34. The van der Waals surface area contributed by atoms with E-state index in [0.29, 0.717) is 0 Å². The minimum atomic E-state index is 0.149. The summed E-state index contributed by atoms with van der Waals surface area (Å²) in [6.45, 7) is 0.149. The number of aromatic nitrogens is 2. The number of hydrogen-bond acceptors (Lipinski definition) is 1. The first-order valence-corrected chi connectivity index (χ1v) is 16.0. The van der Waals surface area contributed by atoms with Crippen LogP contribution >= 0.6 is 0 Å². The molecule has 2 aromatic heterocycles. The molecule has 46 heavy (non-hydrogen) atoms. The summed E-state index contributed by atoms with van der Waals surface area (Å²) in [5.41, 5.74) is 15.3. The molecule has 212 valence electrons. The third kappa shape index (κ3) is 2.99. The lowest BCUT2D eigenvalue weighted by Crippen LogP contribution is -2.60. The highest BCUT2D eigenvalue weighted by Crippen LogP contribution is 2.44. The SMILES string of the molecule is c1ccc(N2c3ccccc3B3c4ccccc4-n4c5cc6c7ccccc7n(-c7ccccc7)c6cc5c5ccc2c3c54)cc1. The lowest BCUT2D eigenvalue weighted by molar-refractivity contribution is 1.18. The molecular weight excluding hydrogens is 557 g/mol. The second kappa shape index (κ2) is 8.80. The zero-order valence-corrected chi connectivity index (χ0v) is 24.9. The molecule has 3 nitrogen and oxygen atoms in total. The minimum absolute atomic E-state index is 0.149. The van der Waals surface area contributed by atoms with Crippen LogP contribution in [0.3, 0.4) is 0 Å². The van der Waals surface area contributed by atoms with E-state index in [1.165, 1.54) is 88.4 Å². The van der Waals surface area contributed by atoms with Gasteiger partial charge in [-0.25, -0.2) is 0 Å². The summed E-state index contributed by atoms with van der Waals surface area (Å²) in [6.07, 6.45) is 0. The van der Waals surface area contributed by atoms with Crippen LogP contribution in [0.5, 0.6) is 0 Å². The van der Waals surface area contributed by atoms with Gasteiger partial charge < -0.3 is 14.0 Å². The van der Waals surface area contributed by atoms with E-state index in [1.807, 2.05) is 0 Å². The van der Waals surface area contributed by atoms with Crippen LogP contribution in [0.15, 0.2) is 158 Å². The van der Waals surface area contributed by atoms with Crippen LogP contribution in [0.4, 0.5) is 17.1 Å². The Morgan fingerprint density at radius 3 is 1.74 bits per heavy atom. The van der Waals surface area contributed by atoms with E-state index in [1.54, 1.807) is 0 Å². The molecule has 0 aliphatic carbocycles. The Kier molecular flexibility index (Phi) is 4.66. The molecule has 0 saturated carbocycles. The minimum Gasteiger partial charge on any atom is -0.311 e. The largest absolute Gasteiger partial charge is 0.311 e. The molecule has 0 bridgehead atoms. The van der Waals surface area contributed by atoms with Gasteiger partial charge in [0.1, 0.15) is 0 Å². The molecule has 0 spiro atoms. The monoisotopic (exact) mass is 583 g/mol. The Balaban J connectivity index is 1.33. The summed E-state index contributed by atoms with van der Waals surface area (Å²) in [4.78, 5) is 2.46. The molecule has 2 aliphatic heterocycles. The Hall–Kier alpha value is -6.00. The molecule has 2 aliphatic rings. The van der Waals surface area contributed by atoms with E-state index >= 15 is 0 Å². The molecule has 0 N–H and O–H groups in total. The highest BCUT2D eigenvalue weighted by Gasteiger charge is 2.41. The van der Waals surface area contributed by atoms with Gasteiger partial charge in [-0.3, -0.25) is 0 Å². The Morgan fingerprint density at radius 1 is 0.370 bits per heavy atom. The van der Waals surface area contributed by atoms with Gasteiger partial charge in [0.25, 0.3) is 6.71 Å². The number of hydrogen-bond donors (Lipinski definition) is 0. The van der Waals surface area contributed by atoms with Crippen molar-refractivity contribution in [2.75, 3.05) is 4.90 Å². The average Bonchev–Trinajstić information content (AvgIpc) is 3.63. The van der Waals surface area contributed by atoms with Crippen molar-refractivity contribution in [1.82, 2.24) is 9.13 Å². The number of benzene rings is 7. The van der Waals surface area contributed by atoms with Gasteiger partial charge in [0.15, 0.2) is 0 Å². The van der Waals surface area contributed by atoms with Gasteiger partial charge >= 0.3 is 0 Å². The maximum atomic E-state index is 2.56. The van der Waals surface area contributed by atoms with Crippen LogP contribution < -0.4 is 21.3 Å². The number of para-hydroxylation sites is 5. The van der Waals surface area contributed by atoms with Crippen molar-refractivity contribution in [1.29, 1.82) is 0 Å². The predicted octanol–water partition coefficient (Wildman–Crippen LogP) is 8.49. The third-order valence-corrected chi connectivity index (χ3v) is 10.3. The fourth-order valence-electron chi connectivity index (χ4n) is 8.50. The maximum absolute atomic E-state index is 2.56. The van der Waals surface area contributed by atoms with Gasteiger partial charge in [-0.2, -0.15) is 0 Å². The van der Waals surface area contributed by atoms with E-state index in [9.17, 15) is 0 Å². The fourth-order valence-corrected chi connectivity index (χ4v) is 8.50. The summed E-state index contributed by atoms with van der Waals surface area (Å²) in [7, 11) is 0. The molecule has 0 unspecified atom stereocenters. The standard InChI is InChI=1S/C42H26BN3/c1-3-13-27(14-4-1)44-35-20-10-7-17-29(35)31-25-40-32(26-39(31)44)30-23-24-38-41-42(30)46(40)37-22-12-9-19-34(37)43(41)33-18-8-11-21-36(33)45(38)28-15-5-2-6-16-28/h1-26H. The molecule has 0 saturated heterocycles. The zero-order valence-electron chi connectivity index (χ0n) is 24.9. The first-order valence-electron chi connectivity index (χ1n) is 16.0. The Labute approximate surface area is 266 Å². The molecule has 0 radical (unpaired) electrons. The van der Waals surface area contributed by atoms with E-state index in [-0.39, 0.29) is 6.71 Å². The quantitative estimate of drug-likeness (QED) is 0.186. The van der Waals surface area contributed by atoms with Gasteiger partial charge in [-0.05, 0) is 77.1 Å². The molecule has 4 heterocycles. The van der Waals surface area contributed by atoms with Gasteiger partial charge in [0.05, 0.1) is 22.1 Å². The van der Waals surface area contributed by atoms with Crippen LogP contribution in [0.1, 0.15) is 0 Å². The molecule has 0 fully saturated rings. The molecular formula is C42H26BN3. The summed E-state index contributed by atoms with van der Waals surface area (Å²) in [5, 5.41) is 5.13. The number of rotatable bonds is 2. The topological polar surface area (TPSA) is 13.1 Å². The number of fused-ring (bicyclic) bond motifs is 11. The van der Waals surface area contributed by atoms with Crippen molar-refractivity contribution >= 4 is 83.8 Å². The average molecular weight is 584 g/mol. The second-order valence-electron chi connectivity index (χ2n) is 12.5. The first kappa shape index (κ1) is 24.3. The predicted molar refractivity (Wildman–Crippen MR) is 194 cm³/mol. The normalized spacial score (nSPS) is 13.1. The molecule has 11 rings (SSSR count). The lowest BCUT2D eigenvalue weighted by Gasteiger charge is -2.39. The highest BCUT2D eigenvalue weighted by atomic mass is 15.2. The van der Waals surface area contributed by atoms with Crippen molar-refractivity contribution in [2.24, 2.45) is 0 Å². The number of anilines is 3.